The van der Waals surface area contributed by atoms with Crippen LogP contribution in [0.15, 0.2) is 6.20 Å². The van der Waals surface area contributed by atoms with Crippen LogP contribution < -0.4 is 0 Å². The molecule has 0 saturated carbocycles. The first-order valence-electron chi connectivity index (χ1n) is 7.08. The van der Waals surface area contributed by atoms with E-state index in [4.69, 9.17) is 0 Å². The second kappa shape index (κ2) is 6.49. The van der Waals surface area contributed by atoms with Crippen LogP contribution in [0.5, 0.6) is 0 Å². The Hall–Kier alpha value is -1.59. The minimum absolute atomic E-state index is 0.0872. The third-order valence-corrected chi connectivity index (χ3v) is 5.60. The number of carbonyl (C=O) groups excluding carboxylic acids is 1. The summed E-state index contributed by atoms with van der Waals surface area (Å²) in [6.07, 6.45) is 0.305. The fourth-order valence-corrected chi connectivity index (χ4v) is 3.72. The summed E-state index contributed by atoms with van der Waals surface area (Å²) in [5.41, 5.74) is 0.159. The standard InChI is InChI=1S/C12H21FN6O3S/c1-16(2)12(20)11-8-18(15-14-11)7-10-5-9(13)6-19(10)23(21,22)17(3)4/h8-10H,5-7H2,1-4H3/t9-,10-/m0/s1. The minimum atomic E-state index is -3.71. The first-order chi connectivity index (χ1) is 10.6. The summed E-state index contributed by atoms with van der Waals surface area (Å²) in [7, 11) is 2.29. The molecule has 2 atom stereocenters. The average Bonchev–Trinajstić information content (AvgIpc) is 3.05. The number of hydrogen-bond acceptors (Lipinski definition) is 5. The van der Waals surface area contributed by atoms with E-state index in [1.807, 2.05) is 0 Å². The first kappa shape index (κ1) is 17.8. The molecule has 0 aromatic carbocycles. The molecule has 1 saturated heterocycles. The van der Waals surface area contributed by atoms with Gasteiger partial charge in [0.05, 0.1) is 12.7 Å². The summed E-state index contributed by atoms with van der Waals surface area (Å²) in [4.78, 5) is 13.2. The van der Waals surface area contributed by atoms with Gasteiger partial charge in [0.2, 0.25) is 0 Å². The zero-order chi connectivity index (χ0) is 17.4. The molecule has 2 heterocycles. The van der Waals surface area contributed by atoms with Crippen LogP contribution >= 0.6 is 0 Å². The molecule has 11 heteroatoms. The number of aromatic nitrogens is 3. The lowest BCUT2D eigenvalue weighted by Crippen LogP contribution is -2.44. The van der Waals surface area contributed by atoms with Crippen molar-refractivity contribution in [1.82, 2.24) is 28.5 Å². The van der Waals surface area contributed by atoms with E-state index in [-0.39, 0.29) is 31.1 Å². The summed E-state index contributed by atoms with van der Waals surface area (Å²) < 4.78 is 41.8. The van der Waals surface area contributed by atoms with Crippen molar-refractivity contribution < 1.29 is 17.6 Å². The first-order valence-corrected chi connectivity index (χ1v) is 8.47. The lowest BCUT2D eigenvalue weighted by atomic mass is 10.2. The predicted octanol–water partition coefficient (Wildman–Crippen LogP) is -0.801. The van der Waals surface area contributed by atoms with E-state index >= 15 is 0 Å². The van der Waals surface area contributed by atoms with Crippen molar-refractivity contribution in [2.45, 2.75) is 25.2 Å². The van der Waals surface area contributed by atoms with E-state index < -0.39 is 22.4 Å². The smallest absolute Gasteiger partial charge is 0.281 e. The highest BCUT2D eigenvalue weighted by molar-refractivity contribution is 7.86. The lowest BCUT2D eigenvalue weighted by molar-refractivity contribution is 0.0822. The number of carbonyl (C=O) groups is 1. The number of hydrogen-bond donors (Lipinski definition) is 0. The molecule has 1 amide bonds. The Morgan fingerprint density at radius 1 is 1.39 bits per heavy atom. The molecule has 1 fully saturated rings. The van der Waals surface area contributed by atoms with Gasteiger partial charge in [-0.15, -0.1) is 5.10 Å². The van der Waals surface area contributed by atoms with E-state index in [1.165, 1.54) is 29.9 Å². The summed E-state index contributed by atoms with van der Waals surface area (Å²) in [6, 6.07) is -0.568. The fourth-order valence-electron chi connectivity index (χ4n) is 2.42. The molecule has 1 aliphatic rings. The van der Waals surface area contributed by atoms with Gasteiger partial charge in [0.25, 0.3) is 16.1 Å². The van der Waals surface area contributed by atoms with Crippen LogP contribution in [0.3, 0.4) is 0 Å². The van der Waals surface area contributed by atoms with E-state index in [0.29, 0.717) is 0 Å². The van der Waals surface area contributed by atoms with E-state index in [0.717, 1.165) is 8.61 Å². The van der Waals surface area contributed by atoms with Crippen molar-refractivity contribution in [1.29, 1.82) is 0 Å². The number of amides is 1. The topological polar surface area (TPSA) is 91.6 Å². The molecule has 2 rings (SSSR count). The molecule has 0 bridgehead atoms. The normalized spacial score (nSPS) is 22.7. The fraction of sp³-hybridized carbons (Fsp3) is 0.750. The molecule has 0 unspecified atom stereocenters. The molecule has 23 heavy (non-hydrogen) atoms. The zero-order valence-electron chi connectivity index (χ0n) is 13.5. The van der Waals surface area contributed by atoms with Crippen LogP contribution in [0, 0.1) is 0 Å². The van der Waals surface area contributed by atoms with Crippen molar-refractivity contribution in [3.63, 3.8) is 0 Å². The third-order valence-electron chi connectivity index (χ3n) is 3.63. The van der Waals surface area contributed by atoms with Crippen LogP contribution in [-0.4, -0.2) is 89.8 Å². The maximum Gasteiger partial charge on any atom is 0.281 e. The third kappa shape index (κ3) is 3.67. The summed E-state index contributed by atoms with van der Waals surface area (Å²) in [5.74, 6) is -0.302. The highest BCUT2D eigenvalue weighted by Crippen LogP contribution is 2.25. The molecule has 1 aliphatic heterocycles. The van der Waals surface area contributed by atoms with Crippen LogP contribution in [-0.2, 0) is 16.8 Å². The summed E-state index contributed by atoms with van der Waals surface area (Å²) in [5, 5.41) is 7.60. The molecule has 130 valence electrons. The van der Waals surface area contributed by atoms with Gasteiger partial charge in [-0.1, -0.05) is 5.21 Å². The number of nitrogens with zero attached hydrogens (tertiary/aromatic N) is 6. The number of rotatable bonds is 5. The van der Waals surface area contributed by atoms with Crippen molar-refractivity contribution in [3.8, 4) is 0 Å². The molecule has 0 aliphatic carbocycles. The Labute approximate surface area is 134 Å². The van der Waals surface area contributed by atoms with Gasteiger partial charge in [-0.25, -0.2) is 4.39 Å². The Bertz CT molecular complexity index is 674. The van der Waals surface area contributed by atoms with Crippen molar-refractivity contribution >= 4 is 16.1 Å². The predicted molar refractivity (Wildman–Crippen MR) is 80.7 cm³/mol. The molecular weight excluding hydrogens is 327 g/mol. The number of halogens is 1. The monoisotopic (exact) mass is 348 g/mol. The maximum absolute atomic E-state index is 13.7. The Morgan fingerprint density at radius 3 is 2.61 bits per heavy atom. The highest BCUT2D eigenvalue weighted by atomic mass is 32.2. The van der Waals surface area contributed by atoms with Crippen LogP contribution in [0.4, 0.5) is 4.39 Å². The largest absolute Gasteiger partial charge is 0.343 e. The maximum atomic E-state index is 13.7. The van der Waals surface area contributed by atoms with Crippen molar-refractivity contribution in [2.75, 3.05) is 34.7 Å². The summed E-state index contributed by atoms with van der Waals surface area (Å²) in [6.45, 7) is -0.0371. The Kier molecular flexibility index (Phi) is 5.01. The molecular formula is C12H21FN6O3S. The van der Waals surface area contributed by atoms with Gasteiger partial charge < -0.3 is 4.90 Å². The Balaban J connectivity index is 2.17. The van der Waals surface area contributed by atoms with Gasteiger partial charge in [0, 0.05) is 40.8 Å². The molecule has 0 N–H and O–H groups in total. The second-order valence-electron chi connectivity index (χ2n) is 5.87. The molecule has 0 spiro atoms. The molecule has 1 aromatic heterocycles. The van der Waals surface area contributed by atoms with E-state index in [1.54, 1.807) is 14.1 Å². The van der Waals surface area contributed by atoms with E-state index in [9.17, 15) is 17.6 Å². The van der Waals surface area contributed by atoms with Gasteiger partial charge >= 0.3 is 0 Å². The van der Waals surface area contributed by atoms with Crippen LogP contribution in [0.1, 0.15) is 16.9 Å². The zero-order valence-corrected chi connectivity index (χ0v) is 14.4. The van der Waals surface area contributed by atoms with Gasteiger partial charge in [-0.3, -0.25) is 9.48 Å². The second-order valence-corrected chi connectivity index (χ2v) is 7.97. The number of alkyl halides is 1. The van der Waals surface area contributed by atoms with Gasteiger partial charge in [-0.05, 0) is 6.42 Å². The highest BCUT2D eigenvalue weighted by Gasteiger charge is 2.41. The van der Waals surface area contributed by atoms with Crippen molar-refractivity contribution in [2.24, 2.45) is 0 Å². The van der Waals surface area contributed by atoms with Gasteiger partial charge in [-0.2, -0.15) is 17.0 Å². The SMILES string of the molecule is CN(C)C(=O)c1cn(C[C@@H]2C[C@H](F)CN2S(=O)(=O)N(C)C)nn1. The van der Waals surface area contributed by atoms with Gasteiger partial charge in [0.15, 0.2) is 5.69 Å². The average molecular weight is 348 g/mol. The minimum Gasteiger partial charge on any atom is -0.343 e. The van der Waals surface area contributed by atoms with Gasteiger partial charge in [0.1, 0.15) is 6.17 Å². The summed E-state index contributed by atoms with van der Waals surface area (Å²) >= 11 is 0. The van der Waals surface area contributed by atoms with Crippen molar-refractivity contribution in [3.05, 3.63) is 11.9 Å². The van der Waals surface area contributed by atoms with E-state index in [2.05, 4.69) is 10.3 Å². The Morgan fingerprint density at radius 2 is 2.04 bits per heavy atom. The lowest BCUT2D eigenvalue weighted by Gasteiger charge is -2.26. The molecule has 9 nitrogen and oxygen atoms in total. The quantitative estimate of drug-likeness (QED) is 0.695. The molecule has 0 radical (unpaired) electrons. The van der Waals surface area contributed by atoms with Crippen LogP contribution in [0.2, 0.25) is 0 Å². The molecule has 1 aromatic rings. The van der Waals surface area contributed by atoms with Crippen LogP contribution in [0.25, 0.3) is 0 Å².